The molecule has 0 bridgehead atoms. The van der Waals surface area contributed by atoms with Gasteiger partial charge in [0.1, 0.15) is 0 Å². The highest BCUT2D eigenvalue weighted by molar-refractivity contribution is 5.92. The molecule has 0 saturated heterocycles. The van der Waals surface area contributed by atoms with E-state index in [1.165, 1.54) is 11.6 Å². The first-order valence-corrected chi connectivity index (χ1v) is 4.77. The fraction of sp³-hybridized carbons (Fsp3) is 0.182. The minimum absolute atomic E-state index is 0.0608. The van der Waals surface area contributed by atoms with Crippen molar-refractivity contribution in [2.24, 2.45) is 0 Å². The molecular formula is C11H10N2O3. The molecule has 5 heteroatoms. The summed E-state index contributed by atoms with van der Waals surface area (Å²) in [6, 6.07) is 7.30. The highest BCUT2D eigenvalue weighted by Gasteiger charge is 2.25. The molecule has 0 fully saturated rings. The van der Waals surface area contributed by atoms with Crippen LogP contribution in [0.3, 0.4) is 0 Å². The Bertz CT molecular complexity index is 546. The summed E-state index contributed by atoms with van der Waals surface area (Å²) in [7, 11) is 0. The third kappa shape index (κ3) is 1.56. The number of aromatic nitrogens is 2. The van der Waals surface area contributed by atoms with E-state index < -0.39 is 5.95 Å². The van der Waals surface area contributed by atoms with Crippen LogP contribution in [0.1, 0.15) is 23.0 Å². The van der Waals surface area contributed by atoms with Gasteiger partial charge >= 0.3 is 5.69 Å². The number of rotatable bonds is 2. The van der Waals surface area contributed by atoms with E-state index in [4.69, 9.17) is 0 Å². The summed E-state index contributed by atoms with van der Waals surface area (Å²) in [6.07, 6.45) is 0. The molecule has 0 spiro atoms. The monoisotopic (exact) mass is 218 g/mol. The molecule has 2 rings (SSSR count). The number of para-hydroxylation sites is 1. The lowest BCUT2D eigenvalue weighted by atomic mass is 10.2. The molecule has 0 aliphatic heterocycles. The zero-order valence-corrected chi connectivity index (χ0v) is 8.93. The van der Waals surface area contributed by atoms with E-state index in [-0.39, 0.29) is 11.5 Å². The zero-order valence-electron chi connectivity index (χ0n) is 8.93. The molecule has 0 radical (unpaired) electrons. The minimum Gasteiger partial charge on any atom is -0.539 e. The molecule has 0 amide bonds. The average molecular weight is 218 g/mol. The van der Waals surface area contributed by atoms with Gasteiger partial charge in [-0.3, -0.25) is 4.79 Å². The van der Waals surface area contributed by atoms with E-state index >= 15 is 0 Å². The summed E-state index contributed by atoms with van der Waals surface area (Å²) in [5.41, 5.74) is 1.51. The van der Waals surface area contributed by atoms with Crippen molar-refractivity contribution in [1.82, 2.24) is 5.27 Å². The first kappa shape index (κ1) is 10.4. The number of nitrogens with zero attached hydrogens (tertiary/aromatic N) is 2. The van der Waals surface area contributed by atoms with Crippen LogP contribution in [-0.4, -0.2) is 11.1 Å². The summed E-state index contributed by atoms with van der Waals surface area (Å²) in [5, 5.41) is 14.9. The van der Waals surface area contributed by atoms with E-state index in [1.54, 1.807) is 12.1 Å². The SMILES string of the molecule is CC(=O)c1c([O-])on[n+]1-c1ccccc1C. The molecule has 2 aromatic rings. The molecular weight excluding hydrogens is 208 g/mol. The van der Waals surface area contributed by atoms with Gasteiger partial charge in [0.05, 0.1) is 5.27 Å². The second kappa shape index (κ2) is 3.77. The van der Waals surface area contributed by atoms with Crippen molar-refractivity contribution >= 4 is 5.78 Å². The number of benzene rings is 1. The molecule has 0 N–H and O–H groups in total. The molecule has 16 heavy (non-hydrogen) atoms. The molecule has 1 heterocycles. The lowest BCUT2D eigenvalue weighted by molar-refractivity contribution is -0.672. The van der Waals surface area contributed by atoms with Crippen molar-refractivity contribution in [2.45, 2.75) is 13.8 Å². The van der Waals surface area contributed by atoms with Gasteiger partial charge in [-0.2, -0.15) is 0 Å². The predicted molar refractivity (Wildman–Crippen MR) is 52.2 cm³/mol. The van der Waals surface area contributed by atoms with Crippen LogP contribution in [-0.2, 0) is 0 Å². The Balaban J connectivity index is 2.66. The van der Waals surface area contributed by atoms with Gasteiger partial charge in [-0.05, 0) is 11.6 Å². The molecule has 0 unspecified atom stereocenters. The third-order valence-electron chi connectivity index (χ3n) is 2.29. The van der Waals surface area contributed by atoms with E-state index in [0.29, 0.717) is 5.69 Å². The summed E-state index contributed by atoms with van der Waals surface area (Å²) >= 11 is 0. The predicted octanol–water partition coefficient (Wildman–Crippen LogP) is 0.536. The number of carbonyl (C=O) groups is 1. The zero-order chi connectivity index (χ0) is 11.7. The van der Waals surface area contributed by atoms with Crippen molar-refractivity contribution in [2.75, 3.05) is 0 Å². The van der Waals surface area contributed by atoms with Gasteiger partial charge in [0, 0.05) is 18.6 Å². The number of hydrogen-bond acceptors (Lipinski definition) is 4. The van der Waals surface area contributed by atoms with E-state index in [2.05, 4.69) is 9.79 Å². The van der Waals surface area contributed by atoms with Crippen LogP contribution in [0.5, 0.6) is 5.95 Å². The topological polar surface area (TPSA) is 70.0 Å². The Kier molecular flexibility index (Phi) is 2.44. The first-order chi connectivity index (χ1) is 7.61. The van der Waals surface area contributed by atoms with Gasteiger partial charge in [0.25, 0.3) is 0 Å². The van der Waals surface area contributed by atoms with Crippen molar-refractivity contribution in [3.63, 3.8) is 0 Å². The second-order valence-corrected chi connectivity index (χ2v) is 3.46. The van der Waals surface area contributed by atoms with Gasteiger partial charge in [-0.1, -0.05) is 18.2 Å². The van der Waals surface area contributed by atoms with Crippen LogP contribution < -0.4 is 9.79 Å². The van der Waals surface area contributed by atoms with E-state index in [1.807, 2.05) is 19.1 Å². The summed E-state index contributed by atoms with van der Waals surface area (Å²) in [6.45, 7) is 3.17. The van der Waals surface area contributed by atoms with Gasteiger partial charge in [-0.25, -0.2) is 0 Å². The van der Waals surface area contributed by atoms with Crippen LogP contribution in [0.4, 0.5) is 0 Å². The van der Waals surface area contributed by atoms with Crippen molar-refractivity contribution in [3.05, 3.63) is 35.5 Å². The number of Topliss-reactive ketones (excluding diaryl/α,β-unsaturated/α-hetero) is 1. The fourth-order valence-electron chi connectivity index (χ4n) is 1.51. The van der Waals surface area contributed by atoms with Crippen LogP contribution in [0.2, 0.25) is 0 Å². The molecule has 82 valence electrons. The molecule has 0 saturated carbocycles. The summed E-state index contributed by atoms with van der Waals surface area (Å²) in [4.78, 5) is 11.3. The molecule has 0 aliphatic rings. The largest absolute Gasteiger partial charge is 0.539 e. The number of ketones is 1. The Morgan fingerprint density at radius 3 is 2.75 bits per heavy atom. The maximum atomic E-state index is 11.3. The highest BCUT2D eigenvalue weighted by Crippen LogP contribution is 2.13. The van der Waals surface area contributed by atoms with E-state index in [9.17, 15) is 9.90 Å². The van der Waals surface area contributed by atoms with Gasteiger partial charge < -0.3 is 9.63 Å². The lowest BCUT2D eigenvalue weighted by Crippen LogP contribution is -2.39. The second-order valence-electron chi connectivity index (χ2n) is 3.46. The van der Waals surface area contributed by atoms with Crippen molar-refractivity contribution in [1.29, 1.82) is 0 Å². The fourth-order valence-corrected chi connectivity index (χ4v) is 1.51. The van der Waals surface area contributed by atoms with Crippen LogP contribution in [0.15, 0.2) is 28.8 Å². The maximum Gasteiger partial charge on any atom is 0.305 e. The molecule has 0 aliphatic carbocycles. The maximum absolute atomic E-state index is 11.3. The molecule has 1 aromatic heterocycles. The Morgan fingerprint density at radius 2 is 2.12 bits per heavy atom. The average Bonchev–Trinajstić information content (AvgIpc) is 2.61. The number of hydrogen-bond donors (Lipinski definition) is 0. The Labute approximate surface area is 91.9 Å². The molecule has 1 aromatic carbocycles. The van der Waals surface area contributed by atoms with Crippen molar-refractivity contribution < 1.29 is 19.1 Å². The molecule has 0 atom stereocenters. The minimum atomic E-state index is -0.712. The van der Waals surface area contributed by atoms with E-state index in [0.717, 1.165) is 5.56 Å². The van der Waals surface area contributed by atoms with Crippen molar-refractivity contribution in [3.8, 4) is 11.6 Å². The summed E-state index contributed by atoms with van der Waals surface area (Å²) in [5.74, 6) is -1.08. The number of carbonyl (C=O) groups excluding carboxylic acids is 1. The Morgan fingerprint density at radius 1 is 1.44 bits per heavy atom. The quantitative estimate of drug-likeness (QED) is 0.544. The smallest absolute Gasteiger partial charge is 0.305 e. The van der Waals surface area contributed by atoms with Crippen LogP contribution >= 0.6 is 0 Å². The van der Waals surface area contributed by atoms with Crippen LogP contribution in [0.25, 0.3) is 5.69 Å². The standard InChI is InChI=1S/C11H10N2O3/c1-7-5-3-4-6-9(7)13-10(8(2)14)11(15)16-12-13/h3-6H,1-2H3. The first-order valence-electron chi connectivity index (χ1n) is 4.77. The normalized spacial score (nSPS) is 10.4. The number of aryl methyl sites for hydroxylation is 1. The van der Waals surface area contributed by atoms with Gasteiger partial charge in [0.15, 0.2) is 5.95 Å². The summed E-state index contributed by atoms with van der Waals surface area (Å²) < 4.78 is 5.74. The van der Waals surface area contributed by atoms with Crippen LogP contribution in [0, 0.1) is 6.92 Å². The molecule has 5 nitrogen and oxygen atoms in total. The Hall–Kier alpha value is -2.17. The lowest BCUT2D eigenvalue weighted by Gasteiger charge is -1.96. The van der Waals surface area contributed by atoms with Gasteiger partial charge in [0.2, 0.25) is 11.5 Å². The van der Waals surface area contributed by atoms with Gasteiger partial charge in [-0.15, -0.1) is 0 Å². The third-order valence-corrected chi connectivity index (χ3v) is 2.29. The highest BCUT2D eigenvalue weighted by atomic mass is 16.6.